The molecule has 1 rings (SSSR count). The number of para-hydroxylation sites is 1. The highest BCUT2D eigenvalue weighted by molar-refractivity contribution is 8.00. The zero-order valence-electron chi connectivity index (χ0n) is 9.36. The molecule has 1 unspecified atom stereocenters. The van der Waals surface area contributed by atoms with Crippen LogP contribution in [0.15, 0.2) is 30.3 Å². The Hall–Kier alpha value is -0.380. The molecule has 0 aliphatic heterocycles. The molecule has 0 spiro atoms. The van der Waals surface area contributed by atoms with Crippen LogP contribution in [0, 0.1) is 0 Å². The Morgan fingerprint density at radius 2 is 2.00 bits per heavy atom. The van der Waals surface area contributed by atoms with Crippen molar-refractivity contribution in [3.8, 4) is 0 Å². The topological polar surface area (TPSA) is 29.1 Å². The molecular formula is C12H15Cl2NOS. The molecular weight excluding hydrogens is 277 g/mol. The van der Waals surface area contributed by atoms with Gasteiger partial charge in [0.25, 0.3) is 0 Å². The van der Waals surface area contributed by atoms with Crippen LogP contribution in [0.5, 0.6) is 0 Å². The molecule has 0 radical (unpaired) electrons. The molecule has 5 heteroatoms. The lowest BCUT2D eigenvalue weighted by Crippen LogP contribution is -2.19. The van der Waals surface area contributed by atoms with Crippen LogP contribution in [0.2, 0.25) is 0 Å². The van der Waals surface area contributed by atoms with Gasteiger partial charge in [0.1, 0.15) is 0 Å². The maximum atomic E-state index is 11.7. The second-order valence-electron chi connectivity index (χ2n) is 3.45. The van der Waals surface area contributed by atoms with Gasteiger partial charge >= 0.3 is 0 Å². The first-order chi connectivity index (χ1) is 8.26. The fourth-order valence-electron chi connectivity index (χ4n) is 1.31. The molecule has 0 aliphatic carbocycles. The van der Waals surface area contributed by atoms with Gasteiger partial charge in [-0.25, -0.2) is 0 Å². The first kappa shape index (κ1) is 14.7. The monoisotopic (exact) mass is 291 g/mol. The van der Waals surface area contributed by atoms with Crippen LogP contribution in [-0.2, 0) is 4.79 Å². The number of carbonyl (C=O) groups is 1. The normalized spacial score (nSPS) is 12.1. The van der Waals surface area contributed by atoms with Crippen molar-refractivity contribution < 1.29 is 4.79 Å². The number of thioether (sulfide) groups is 1. The summed E-state index contributed by atoms with van der Waals surface area (Å²) in [6.07, 6.45) is 0.417. The minimum absolute atomic E-state index is 0.0103. The van der Waals surface area contributed by atoms with Gasteiger partial charge in [0.15, 0.2) is 0 Å². The largest absolute Gasteiger partial charge is 0.326 e. The van der Waals surface area contributed by atoms with E-state index in [-0.39, 0.29) is 11.2 Å². The van der Waals surface area contributed by atoms with Crippen molar-refractivity contribution in [2.24, 2.45) is 0 Å². The summed E-state index contributed by atoms with van der Waals surface area (Å²) < 4.78 is 0. The summed E-state index contributed by atoms with van der Waals surface area (Å²) in [5.74, 6) is 1.85. The maximum Gasteiger partial charge on any atom is 0.225 e. The zero-order chi connectivity index (χ0) is 12.5. The van der Waals surface area contributed by atoms with Crippen molar-refractivity contribution in [2.45, 2.75) is 11.7 Å². The summed E-state index contributed by atoms with van der Waals surface area (Å²) in [6.45, 7) is 0. The smallest absolute Gasteiger partial charge is 0.225 e. The number of halogens is 2. The summed E-state index contributed by atoms with van der Waals surface area (Å²) in [6, 6.07) is 9.40. The van der Waals surface area contributed by atoms with E-state index >= 15 is 0 Å². The number of carbonyl (C=O) groups excluding carboxylic acids is 1. The van der Waals surface area contributed by atoms with Crippen molar-refractivity contribution >= 4 is 46.6 Å². The summed E-state index contributed by atoms with van der Waals surface area (Å²) in [4.78, 5) is 11.7. The Labute approximate surface area is 116 Å². The lowest BCUT2D eigenvalue weighted by Gasteiger charge is -2.12. The molecule has 0 aromatic heterocycles. The molecule has 0 saturated carbocycles. The van der Waals surface area contributed by atoms with E-state index in [1.54, 1.807) is 11.8 Å². The van der Waals surface area contributed by atoms with E-state index in [2.05, 4.69) is 5.32 Å². The van der Waals surface area contributed by atoms with Crippen LogP contribution in [0.3, 0.4) is 0 Å². The Morgan fingerprint density at radius 1 is 1.29 bits per heavy atom. The number of alkyl halides is 2. The first-order valence-electron chi connectivity index (χ1n) is 5.34. The van der Waals surface area contributed by atoms with Crippen LogP contribution >= 0.6 is 35.0 Å². The highest BCUT2D eigenvalue weighted by Gasteiger charge is 2.13. The number of benzene rings is 1. The summed E-state index contributed by atoms with van der Waals surface area (Å²) in [5, 5.41) is 2.96. The second kappa shape index (κ2) is 8.67. The fraction of sp³-hybridized carbons (Fsp3) is 0.417. The lowest BCUT2D eigenvalue weighted by atomic mass is 10.3. The predicted molar refractivity (Wildman–Crippen MR) is 77.4 cm³/mol. The van der Waals surface area contributed by atoms with Crippen LogP contribution in [0.1, 0.15) is 6.42 Å². The minimum atomic E-state index is -0.0103. The first-order valence-corrected chi connectivity index (χ1v) is 7.46. The van der Waals surface area contributed by atoms with E-state index in [4.69, 9.17) is 23.2 Å². The Kier molecular flexibility index (Phi) is 7.49. The molecule has 0 heterocycles. The number of amides is 1. The van der Waals surface area contributed by atoms with Crippen LogP contribution in [-0.4, -0.2) is 28.7 Å². The summed E-state index contributed by atoms with van der Waals surface area (Å²) in [7, 11) is 0. The number of nitrogens with one attached hydrogen (secondary N) is 1. The van der Waals surface area contributed by atoms with Gasteiger partial charge in [-0.2, -0.15) is 11.8 Å². The molecule has 94 valence electrons. The number of rotatable bonds is 7. The molecule has 0 saturated heterocycles. The summed E-state index contributed by atoms with van der Waals surface area (Å²) in [5.41, 5.74) is 0.813. The van der Waals surface area contributed by atoms with Crippen molar-refractivity contribution in [1.82, 2.24) is 0 Å². The van der Waals surface area contributed by atoms with Gasteiger partial charge in [0, 0.05) is 34.9 Å². The van der Waals surface area contributed by atoms with Gasteiger partial charge in [-0.15, -0.1) is 23.2 Å². The molecule has 1 amide bonds. The number of anilines is 1. The quantitative estimate of drug-likeness (QED) is 0.778. The summed E-state index contributed by atoms with van der Waals surface area (Å²) >= 11 is 13.0. The zero-order valence-corrected chi connectivity index (χ0v) is 11.7. The molecule has 1 N–H and O–H groups in total. The lowest BCUT2D eigenvalue weighted by molar-refractivity contribution is -0.116. The standard InChI is InChI=1S/C12H15Cl2NOS/c13-6-7-17-11(9-14)8-12(16)15-10-4-2-1-3-5-10/h1-5,11H,6-9H2,(H,15,16). The van der Waals surface area contributed by atoms with E-state index in [0.717, 1.165) is 11.4 Å². The Balaban J connectivity index is 2.37. The van der Waals surface area contributed by atoms with E-state index in [9.17, 15) is 4.79 Å². The SMILES string of the molecule is O=C(CC(CCl)SCCCl)Nc1ccccc1. The van der Waals surface area contributed by atoms with Gasteiger partial charge in [0.2, 0.25) is 5.91 Å². The number of hydrogen-bond donors (Lipinski definition) is 1. The van der Waals surface area contributed by atoms with Crippen LogP contribution in [0.25, 0.3) is 0 Å². The van der Waals surface area contributed by atoms with Crippen LogP contribution < -0.4 is 5.32 Å². The third kappa shape index (κ3) is 6.20. The van der Waals surface area contributed by atoms with Gasteiger partial charge in [-0.1, -0.05) is 18.2 Å². The van der Waals surface area contributed by atoms with Crippen molar-refractivity contribution in [3.05, 3.63) is 30.3 Å². The third-order valence-electron chi connectivity index (χ3n) is 2.07. The van der Waals surface area contributed by atoms with Gasteiger partial charge in [-0.3, -0.25) is 4.79 Å². The highest BCUT2D eigenvalue weighted by atomic mass is 35.5. The Morgan fingerprint density at radius 3 is 2.59 bits per heavy atom. The molecule has 0 fully saturated rings. The average Bonchev–Trinajstić information content (AvgIpc) is 2.35. The fourth-order valence-corrected chi connectivity index (χ4v) is 2.73. The highest BCUT2D eigenvalue weighted by Crippen LogP contribution is 2.17. The van der Waals surface area contributed by atoms with Crippen molar-refractivity contribution in [3.63, 3.8) is 0 Å². The molecule has 0 aliphatic rings. The average molecular weight is 292 g/mol. The van der Waals surface area contributed by atoms with Crippen molar-refractivity contribution in [1.29, 1.82) is 0 Å². The molecule has 1 aromatic carbocycles. The third-order valence-corrected chi connectivity index (χ3v) is 4.29. The second-order valence-corrected chi connectivity index (χ2v) is 5.55. The molecule has 0 bridgehead atoms. The molecule has 1 atom stereocenters. The molecule has 17 heavy (non-hydrogen) atoms. The van der Waals surface area contributed by atoms with Gasteiger partial charge in [-0.05, 0) is 12.1 Å². The van der Waals surface area contributed by atoms with E-state index in [1.165, 1.54) is 0 Å². The van der Waals surface area contributed by atoms with Gasteiger partial charge in [0.05, 0.1) is 0 Å². The van der Waals surface area contributed by atoms with Crippen molar-refractivity contribution in [2.75, 3.05) is 22.8 Å². The number of hydrogen-bond acceptors (Lipinski definition) is 2. The minimum Gasteiger partial charge on any atom is -0.326 e. The Bertz CT molecular complexity index is 335. The van der Waals surface area contributed by atoms with Crippen LogP contribution in [0.4, 0.5) is 5.69 Å². The van der Waals surface area contributed by atoms with E-state index in [0.29, 0.717) is 18.2 Å². The van der Waals surface area contributed by atoms with E-state index < -0.39 is 0 Å². The van der Waals surface area contributed by atoms with E-state index in [1.807, 2.05) is 30.3 Å². The predicted octanol–water partition coefficient (Wildman–Crippen LogP) is 3.59. The molecule has 1 aromatic rings. The van der Waals surface area contributed by atoms with Gasteiger partial charge < -0.3 is 5.32 Å². The molecule has 2 nitrogen and oxygen atoms in total. The maximum absolute atomic E-state index is 11.7.